The second-order valence-electron chi connectivity index (χ2n) is 7.17. The van der Waals surface area contributed by atoms with Crippen molar-refractivity contribution < 1.29 is 23.8 Å². The third-order valence-electron chi connectivity index (χ3n) is 5.27. The molecule has 1 saturated heterocycles. The molecule has 0 aliphatic carbocycles. The monoisotopic (exact) mass is 393 g/mol. The Morgan fingerprint density at radius 2 is 1.93 bits per heavy atom. The van der Waals surface area contributed by atoms with Crippen LogP contribution in [0.15, 0.2) is 60.7 Å². The molecule has 29 heavy (non-hydrogen) atoms. The van der Waals surface area contributed by atoms with Crippen molar-refractivity contribution in [2.75, 3.05) is 20.3 Å². The van der Waals surface area contributed by atoms with E-state index >= 15 is 0 Å². The number of rotatable bonds is 4. The largest absolute Gasteiger partial charge is 0.465 e. The van der Waals surface area contributed by atoms with E-state index in [1.165, 1.54) is 7.11 Å². The Labute approximate surface area is 169 Å². The van der Waals surface area contributed by atoms with Crippen molar-refractivity contribution in [3.8, 4) is 0 Å². The number of nitrogens with zero attached hydrogens (tertiary/aromatic N) is 1. The minimum Gasteiger partial charge on any atom is -0.465 e. The van der Waals surface area contributed by atoms with Crippen molar-refractivity contribution in [1.29, 1.82) is 0 Å². The summed E-state index contributed by atoms with van der Waals surface area (Å²) in [5.74, 6) is -0.363. The molecule has 2 aliphatic rings. The lowest BCUT2D eigenvalue weighted by molar-refractivity contribution is -0.0342. The molecule has 0 spiro atoms. The van der Waals surface area contributed by atoms with Gasteiger partial charge in [0.2, 0.25) is 0 Å². The van der Waals surface area contributed by atoms with Crippen molar-refractivity contribution in [3.05, 3.63) is 77.4 Å². The van der Waals surface area contributed by atoms with Gasteiger partial charge in [-0.1, -0.05) is 48.5 Å². The van der Waals surface area contributed by atoms with Crippen LogP contribution < -0.4 is 0 Å². The van der Waals surface area contributed by atoms with E-state index in [4.69, 9.17) is 14.2 Å². The number of morpholine rings is 1. The molecule has 0 saturated carbocycles. The lowest BCUT2D eigenvalue weighted by Crippen LogP contribution is -2.56. The van der Waals surface area contributed by atoms with Crippen molar-refractivity contribution in [2.24, 2.45) is 0 Å². The highest BCUT2D eigenvalue weighted by Gasteiger charge is 2.39. The van der Waals surface area contributed by atoms with E-state index in [0.29, 0.717) is 25.2 Å². The normalized spacial score (nSPS) is 20.6. The van der Waals surface area contributed by atoms with Gasteiger partial charge in [0.1, 0.15) is 6.61 Å². The SMILES string of the molecule is COC(=O)c1cccc(C2=CC3COCC(C2)N3C(=O)OCc2ccccc2)c1. The number of ether oxygens (including phenoxy) is 3. The lowest BCUT2D eigenvalue weighted by Gasteiger charge is -2.43. The molecule has 150 valence electrons. The fourth-order valence-electron chi connectivity index (χ4n) is 3.85. The molecule has 0 N–H and O–H groups in total. The van der Waals surface area contributed by atoms with Gasteiger partial charge in [-0.15, -0.1) is 0 Å². The quantitative estimate of drug-likeness (QED) is 0.742. The van der Waals surface area contributed by atoms with Crippen LogP contribution in [0.3, 0.4) is 0 Å². The van der Waals surface area contributed by atoms with E-state index in [0.717, 1.165) is 16.7 Å². The van der Waals surface area contributed by atoms with Crippen LogP contribution in [0.2, 0.25) is 0 Å². The van der Waals surface area contributed by atoms with Crippen LogP contribution in [0.1, 0.15) is 27.9 Å². The summed E-state index contributed by atoms with van der Waals surface area (Å²) in [6.45, 7) is 1.14. The maximum atomic E-state index is 12.8. The van der Waals surface area contributed by atoms with Gasteiger partial charge in [-0.2, -0.15) is 0 Å². The number of carbonyl (C=O) groups is 2. The molecule has 2 unspecified atom stereocenters. The van der Waals surface area contributed by atoms with Gasteiger partial charge in [0.05, 0.1) is 38.0 Å². The summed E-state index contributed by atoms with van der Waals surface area (Å²) in [5.41, 5.74) is 3.52. The third-order valence-corrected chi connectivity index (χ3v) is 5.27. The van der Waals surface area contributed by atoms with Crippen molar-refractivity contribution in [2.45, 2.75) is 25.1 Å². The molecule has 2 aromatic carbocycles. The van der Waals surface area contributed by atoms with Crippen LogP contribution in [0.25, 0.3) is 5.57 Å². The molecular formula is C23H23NO5. The average Bonchev–Trinajstić information content (AvgIpc) is 2.76. The molecule has 2 aliphatic heterocycles. The van der Waals surface area contributed by atoms with Gasteiger partial charge in [-0.3, -0.25) is 4.90 Å². The fraction of sp³-hybridized carbons (Fsp3) is 0.304. The zero-order chi connectivity index (χ0) is 20.2. The second-order valence-corrected chi connectivity index (χ2v) is 7.17. The summed E-state index contributed by atoms with van der Waals surface area (Å²) < 4.78 is 16.0. The van der Waals surface area contributed by atoms with Crippen molar-refractivity contribution >= 4 is 17.6 Å². The smallest absolute Gasteiger partial charge is 0.411 e. The molecule has 2 heterocycles. The molecule has 0 radical (unpaired) electrons. The molecule has 6 heteroatoms. The van der Waals surface area contributed by atoms with E-state index in [-0.39, 0.29) is 30.8 Å². The van der Waals surface area contributed by atoms with Crippen LogP contribution in [-0.2, 0) is 20.8 Å². The maximum Gasteiger partial charge on any atom is 0.411 e. The van der Waals surface area contributed by atoms with Crippen LogP contribution in [0, 0.1) is 0 Å². The first-order valence-electron chi connectivity index (χ1n) is 9.62. The Hall–Kier alpha value is -3.12. The Kier molecular flexibility index (Phi) is 5.62. The molecular weight excluding hydrogens is 370 g/mol. The van der Waals surface area contributed by atoms with E-state index in [2.05, 4.69) is 0 Å². The first-order chi connectivity index (χ1) is 14.2. The van der Waals surface area contributed by atoms with E-state index < -0.39 is 0 Å². The predicted octanol–water partition coefficient (Wildman–Crippen LogP) is 3.67. The van der Waals surface area contributed by atoms with Crippen LogP contribution in [0.5, 0.6) is 0 Å². The minimum absolute atomic E-state index is 0.0983. The number of carbonyl (C=O) groups excluding carboxylic acids is 2. The topological polar surface area (TPSA) is 65.1 Å². The number of esters is 1. The van der Waals surface area contributed by atoms with Gasteiger partial charge in [0.25, 0.3) is 0 Å². The molecule has 2 atom stereocenters. The van der Waals surface area contributed by atoms with E-state index in [1.807, 2.05) is 54.6 Å². The molecule has 2 bridgehead atoms. The maximum absolute atomic E-state index is 12.8. The summed E-state index contributed by atoms with van der Waals surface area (Å²) in [4.78, 5) is 26.4. The highest BCUT2D eigenvalue weighted by Crippen LogP contribution is 2.33. The Balaban J connectivity index is 1.51. The Morgan fingerprint density at radius 3 is 2.69 bits per heavy atom. The van der Waals surface area contributed by atoms with Crippen LogP contribution in [-0.4, -0.2) is 49.4 Å². The molecule has 6 nitrogen and oxygen atoms in total. The van der Waals surface area contributed by atoms with E-state index in [1.54, 1.807) is 11.0 Å². The summed E-state index contributed by atoms with van der Waals surface area (Å²) in [5, 5.41) is 0. The number of methoxy groups -OCH3 is 1. The van der Waals surface area contributed by atoms with Crippen LogP contribution >= 0.6 is 0 Å². The average molecular weight is 393 g/mol. The molecule has 1 amide bonds. The van der Waals surface area contributed by atoms with Gasteiger partial charge in [0.15, 0.2) is 0 Å². The third kappa shape index (κ3) is 4.17. The fourth-order valence-corrected chi connectivity index (χ4v) is 3.85. The van der Waals surface area contributed by atoms with Gasteiger partial charge >= 0.3 is 12.1 Å². The highest BCUT2D eigenvalue weighted by atomic mass is 16.6. The standard InChI is InChI=1S/C23H23NO5/c1-27-22(25)18-9-5-8-17(10-18)19-11-20-14-28-15-21(12-19)24(20)23(26)29-13-16-6-3-2-4-7-16/h2-11,20-21H,12-15H2,1H3. The zero-order valence-electron chi connectivity index (χ0n) is 16.2. The summed E-state index contributed by atoms with van der Waals surface area (Å²) >= 11 is 0. The number of hydrogen-bond acceptors (Lipinski definition) is 5. The lowest BCUT2D eigenvalue weighted by atomic mass is 9.89. The summed E-state index contributed by atoms with van der Waals surface area (Å²) in [6.07, 6.45) is 2.35. The van der Waals surface area contributed by atoms with Crippen molar-refractivity contribution in [1.82, 2.24) is 4.90 Å². The van der Waals surface area contributed by atoms with Gasteiger partial charge < -0.3 is 14.2 Å². The summed E-state index contributed by atoms with van der Waals surface area (Å²) in [7, 11) is 1.37. The van der Waals surface area contributed by atoms with Gasteiger partial charge in [-0.05, 0) is 35.3 Å². The predicted molar refractivity (Wildman–Crippen MR) is 107 cm³/mol. The first kappa shape index (κ1) is 19.2. The number of amides is 1. The first-order valence-corrected chi connectivity index (χ1v) is 9.62. The summed E-state index contributed by atoms with van der Waals surface area (Å²) in [6, 6.07) is 16.7. The van der Waals surface area contributed by atoms with E-state index in [9.17, 15) is 9.59 Å². The van der Waals surface area contributed by atoms with Gasteiger partial charge in [-0.25, -0.2) is 9.59 Å². The Bertz CT molecular complexity index is 924. The zero-order valence-corrected chi connectivity index (χ0v) is 16.2. The highest BCUT2D eigenvalue weighted by molar-refractivity contribution is 5.90. The molecule has 4 rings (SSSR count). The molecule has 1 fully saturated rings. The second kappa shape index (κ2) is 8.49. The van der Waals surface area contributed by atoms with Crippen molar-refractivity contribution in [3.63, 3.8) is 0 Å². The van der Waals surface area contributed by atoms with Gasteiger partial charge in [0, 0.05) is 0 Å². The number of benzene rings is 2. The molecule has 0 aromatic heterocycles. The number of hydrogen-bond donors (Lipinski definition) is 0. The Morgan fingerprint density at radius 1 is 1.10 bits per heavy atom. The van der Waals surface area contributed by atoms with Crippen LogP contribution in [0.4, 0.5) is 4.79 Å². The minimum atomic E-state index is -0.363. The number of fused-ring (bicyclic) bond motifs is 2. The molecule has 2 aromatic rings.